The Bertz CT molecular complexity index is 485. The van der Waals surface area contributed by atoms with Gasteiger partial charge in [-0.15, -0.1) is 0 Å². The van der Waals surface area contributed by atoms with Crippen molar-refractivity contribution in [3.63, 3.8) is 0 Å². The highest BCUT2D eigenvalue weighted by Crippen LogP contribution is 2.37. The number of hydrogen-bond acceptors (Lipinski definition) is 4. The van der Waals surface area contributed by atoms with Crippen LogP contribution in [0.25, 0.3) is 0 Å². The monoisotopic (exact) mass is 346 g/mol. The van der Waals surface area contributed by atoms with Crippen LogP contribution >= 0.6 is 15.9 Å². The maximum Gasteiger partial charge on any atom is 0.335 e. The van der Waals surface area contributed by atoms with Gasteiger partial charge in [-0.2, -0.15) is 0 Å². The molecule has 0 atom stereocenters. The van der Waals surface area contributed by atoms with E-state index in [4.69, 9.17) is 19.3 Å². The van der Waals surface area contributed by atoms with Crippen LogP contribution in [0.3, 0.4) is 0 Å². The second kappa shape index (κ2) is 6.95. The largest absolute Gasteiger partial charge is 0.493 e. The minimum Gasteiger partial charge on any atom is -0.493 e. The number of hydrogen-bond donors (Lipinski definition) is 1. The molecule has 1 rings (SSSR count). The van der Waals surface area contributed by atoms with Crippen molar-refractivity contribution in [2.75, 3.05) is 20.8 Å². The first-order valence-corrected chi connectivity index (χ1v) is 6.89. The van der Waals surface area contributed by atoms with E-state index in [9.17, 15) is 4.79 Å². The third kappa shape index (κ3) is 4.38. The lowest BCUT2D eigenvalue weighted by Crippen LogP contribution is -2.25. The fourth-order valence-corrected chi connectivity index (χ4v) is 2.04. The van der Waals surface area contributed by atoms with Crippen LogP contribution in [0.4, 0.5) is 0 Å². The second-order valence-corrected chi connectivity index (χ2v) is 5.71. The van der Waals surface area contributed by atoms with Crippen molar-refractivity contribution in [2.24, 2.45) is 0 Å². The number of aromatic carboxylic acids is 1. The molecule has 0 aliphatic heterocycles. The van der Waals surface area contributed by atoms with Gasteiger partial charge >= 0.3 is 5.97 Å². The van der Waals surface area contributed by atoms with Crippen molar-refractivity contribution in [2.45, 2.75) is 25.9 Å². The van der Waals surface area contributed by atoms with Crippen molar-refractivity contribution in [3.8, 4) is 11.5 Å². The van der Waals surface area contributed by atoms with E-state index in [1.54, 1.807) is 7.11 Å². The number of carbonyl (C=O) groups is 1. The standard InChI is InChI=1S/C14H19BrO5/c1-14(2,19-4)5-6-20-12-10(15)7-9(13(16)17)8-11(12)18-3/h7-8H,5-6H2,1-4H3,(H,16,17). The van der Waals surface area contributed by atoms with Gasteiger partial charge in [0.25, 0.3) is 0 Å². The fourth-order valence-electron chi connectivity index (χ4n) is 1.48. The number of methoxy groups -OCH3 is 2. The minimum atomic E-state index is -1.02. The Kier molecular flexibility index (Phi) is 5.83. The molecular weight excluding hydrogens is 328 g/mol. The third-order valence-corrected chi connectivity index (χ3v) is 3.57. The summed E-state index contributed by atoms with van der Waals surface area (Å²) in [7, 11) is 3.12. The molecule has 1 N–H and O–H groups in total. The molecule has 0 bridgehead atoms. The first kappa shape index (κ1) is 16.8. The van der Waals surface area contributed by atoms with E-state index in [1.807, 2.05) is 13.8 Å². The summed E-state index contributed by atoms with van der Waals surface area (Å²) in [5, 5.41) is 9.00. The van der Waals surface area contributed by atoms with Gasteiger partial charge in [0, 0.05) is 13.5 Å². The Hall–Kier alpha value is -1.27. The van der Waals surface area contributed by atoms with E-state index in [2.05, 4.69) is 15.9 Å². The van der Waals surface area contributed by atoms with Crippen LogP contribution < -0.4 is 9.47 Å². The minimum absolute atomic E-state index is 0.137. The zero-order valence-electron chi connectivity index (χ0n) is 12.0. The van der Waals surface area contributed by atoms with Crippen molar-refractivity contribution in [3.05, 3.63) is 22.2 Å². The van der Waals surface area contributed by atoms with E-state index in [1.165, 1.54) is 19.2 Å². The Labute approximate surface area is 127 Å². The SMILES string of the molecule is COc1cc(C(=O)O)cc(Br)c1OCCC(C)(C)OC. The summed E-state index contributed by atoms with van der Waals surface area (Å²) >= 11 is 3.31. The van der Waals surface area contributed by atoms with Gasteiger partial charge in [-0.3, -0.25) is 0 Å². The summed E-state index contributed by atoms with van der Waals surface area (Å²) < 4.78 is 16.7. The molecule has 112 valence electrons. The summed E-state index contributed by atoms with van der Waals surface area (Å²) in [4.78, 5) is 11.0. The van der Waals surface area contributed by atoms with Crippen molar-refractivity contribution in [1.29, 1.82) is 0 Å². The predicted molar refractivity (Wildman–Crippen MR) is 78.9 cm³/mol. The van der Waals surface area contributed by atoms with Crippen molar-refractivity contribution < 1.29 is 24.1 Å². The molecule has 0 amide bonds. The summed E-state index contributed by atoms with van der Waals surface area (Å²) in [6.45, 7) is 4.37. The van der Waals surface area contributed by atoms with Gasteiger partial charge < -0.3 is 19.3 Å². The summed E-state index contributed by atoms with van der Waals surface area (Å²) in [5.41, 5.74) is -0.140. The Morgan fingerprint density at radius 2 is 2.00 bits per heavy atom. The van der Waals surface area contributed by atoms with Crippen LogP contribution in [0.5, 0.6) is 11.5 Å². The summed E-state index contributed by atoms with van der Waals surface area (Å²) in [6.07, 6.45) is 0.694. The molecule has 20 heavy (non-hydrogen) atoms. The van der Waals surface area contributed by atoms with Gasteiger partial charge in [-0.05, 0) is 41.9 Å². The molecule has 5 nitrogen and oxygen atoms in total. The zero-order chi connectivity index (χ0) is 15.3. The molecular formula is C14H19BrO5. The molecule has 0 fully saturated rings. The van der Waals surface area contributed by atoms with Gasteiger partial charge in [0.2, 0.25) is 0 Å². The normalized spacial score (nSPS) is 11.2. The number of carboxylic acid groups (broad SMARTS) is 1. The number of halogens is 1. The molecule has 0 unspecified atom stereocenters. The van der Waals surface area contributed by atoms with Gasteiger partial charge in [-0.1, -0.05) is 0 Å². The van der Waals surface area contributed by atoms with Gasteiger partial charge in [0.1, 0.15) is 0 Å². The van der Waals surface area contributed by atoms with E-state index < -0.39 is 5.97 Å². The molecule has 0 aliphatic carbocycles. The molecule has 0 saturated heterocycles. The van der Waals surface area contributed by atoms with Crippen LogP contribution in [-0.2, 0) is 4.74 Å². The molecule has 0 saturated carbocycles. The Morgan fingerprint density at radius 3 is 2.50 bits per heavy atom. The molecule has 1 aromatic rings. The highest BCUT2D eigenvalue weighted by molar-refractivity contribution is 9.10. The number of rotatable bonds is 7. The first-order chi connectivity index (χ1) is 9.30. The fraction of sp³-hybridized carbons (Fsp3) is 0.500. The number of carboxylic acids is 1. The quantitative estimate of drug-likeness (QED) is 0.819. The lowest BCUT2D eigenvalue weighted by Gasteiger charge is -2.23. The molecule has 0 heterocycles. The van der Waals surface area contributed by atoms with Crippen LogP contribution in [0, 0.1) is 0 Å². The molecule has 0 radical (unpaired) electrons. The molecule has 0 aliphatic rings. The van der Waals surface area contributed by atoms with Crippen LogP contribution in [0.15, 0.2) is 16.6 Å². The first-order valence-electron chi connectivity index (χ1n) is 6.09. The average Bonchev–Trinajstić information content (AvgIpc) is 2.39. The summed E-state index contributed by atoms with van der Waals surface area (Å²) in [6, 6.07) is 2.92. The van der Waals surface area contributed by atoms with Crippen LogP contribution in [0.2, 0.25) is 0 Å². The van der Waals surface area contributed by atoms with E-state index in [0.717, 1.165) is 0 Å². The summed E-state index contributed by atoms with van der Waals surface area (Å²) in [5.74, 6) is -0.146. The van der Waals surface area contributed by atoms with Crippen molar-refractivity contribution in [1.82, 2.24) is 0 Å². The Balaban J connectivity index is 2.87. The second-order valence-electron chi connectivity index (χ2n) is 4.86. The third-order valence-electron chi connectivity index (χ3n) is 2.98. The average molecular weight is 347 g/mol. The number of ether oxygens (including phenoxy) is 3. The molecule has 0 spiro atoms. The van der Waals surface area contributed by atoms with Gasteiger partial charge in [-0.25, -0.2) is 4.79 Å². The van der Waals surface area contributed by atoms with Gasteiger partial charge in [0.05, 0.1) is 29.4 Å². The highest BCUT2D eigenvalue weighted by Gasteiger charge is 2.19. The lowest BCUT2D eigenvalue weighted by molar-refractivity contribution is 0.00518. The van der Waals surface area contributed by atoms with E-state index >= 15 is 0 Å². The predicted octanol–water partition coefficient (Wildman–Crippen LogP) is 3.35. The lowest BCUT2D eigenvalue weighted by atomic mass is 10.1. The van der Waals surface area contributed by atoms with Crippen LogP contribution in [-0.4, -0.2) is 37.5 Å². The van der Waals surface area contributed by atoms with E-state index in [0.29, 0.717) is 29.0 Å². The molecule has 0 aromatic heterocycles. The maximum absolute atomic E-state index is 11.0. The molecule has 1 aromatic carbocycles. The van der Waals surface area contributed by atoms with Crippen LogP contribution in [0.1, 0.15) is 30.6 Å². The van der Waals surface area contributed by atoms with Crippen molar-refractivity contribution >= 4 is 21.9 Å². The smallest absolute Gasteiger partial charge is 0.335 e. The Morgan fingerprint density at radius 1 is 1.35 bits per heavy atom. The zero-order valence-corrected chi connectivity index (χ0v) is 13.6. The number of benzene rings is 1. The molecule has 6 heteroatoms. The topological polar surface area (TPSA) is 65.0 Å². The van der Waals surface area contributed by atoms with Gasteiger partial charge in [0.15, 0.2) is 11.5 Å². The maximum atomic E-state index is 11.0. The highest BCUT2D eigenvalue weighted by atomic mass is 79.9. The van der Waals surface area contributed by atoms with E-state index in [-0.39, 0.29) is 11.2 Å².